The minimum absolute atomic E-state index is 0.204. The number of rotatable bonds is 6. The summed E-state index contributed by atoms with van der Waals surface area (Å²) in [4.78, 5) is 0. The first kappa shape index (κ1) is 14.2. The Bertz CT molecular complexity index is 539. The molecule has 2 aromatic rings. The van der Waals surface area contributed by atoms with Crippen LogP contribution >= 0.6 is 15.9 Å². The molecule has 0 atom stereocenters. The number of aromatic nitrogens is 2. The Labute approximate surface area is 121 Å². The Balaban J connectivity index is 2.01. The van der Waals surface area contributed by atoms with E-state index >= 15 is 0 Å². The molecule has 1 heterocycles. The van der Waals surface area contributed by atoms with E-state index in [-0.39, 0.29) is 5.82 Å². The Morgan fingerprint density at radius 1 is 1.42 bits per heavy atom. The summed E-state index contributed by atoms with van der Waals surface area (Å²) < 4.78 is 16.3. The molecule has 0 aliphatic rings. The van der Waals surface area contributed by atoms with Crippen LogP contribution in [0.15, 0.2) is 35.1 Å². The Hall–Kier alpha value is -1.20. The summed E-state index contributed by atoms with van der Waals surface area (Å²) in [6.45, 7) is 4.37. The SMILES string of the molecule is CCCNCc1cnn(Cc2cc(Br)ccc2F)c1. The van der Waals surface area contributed by atoms with Crippen molar-refractivity contribution in [3.63, 3.8) is 0 Å². The zero-order valence-electron chi connectivity index (χ0n) is 10.9. The maximum Gasteiger partial charge on any atom is 0.128 e. The monoisotopic (exact) mass is 325 g/mol. The standard InChI is InChI=1S/C14H17BrFN3/c1-2-5-17-7-11-8-18-19(9-11)10-12-6-13(15)3-4-14(12)16/h3-4,6,8-9,17H,2,5,7,10H2,1H3. The van der Waals surface area contributed by atoms with Gasteiger partial charge >= 0.3 is 0 Å². The molecule has 1 aromatic heterocycles. The van der Waals surface area contributed by atoms with E-state index in [1.807, 2.05) is 12.4 Å². The van der Waals surface area contributed by atoms with Crippen LogP contribution < -0.4 is 5.32 Å². The summed E-state index contributed by atoms with van der Waals surface area (Å²) in [5, 5.41) is 7.57. The highest BCUT2D eigenvalue weighted by atomic mass is 79.9. The minimum Gasteiger partial charge on any atom is -0.313 e. The van der Waals surface area contributed by atoms with Gasteiger partial charge in [0.1, 0.15) is 5.82 Å². The normalized spacial score (nSPS) is 10.9. The molecule has 0 aliphatic carbocycles. The van der Waals surface area contributed by atoms with Crippen molar-refractivity contribution in [1.29, 1.82) is 0 Å². The van der Waals surface area contributed by atoms with Gasteiger partial charge in [-0.05, 0) is 31.2 Å². The number of hydrogen-bond acceptors (Lipinski definition) is 2. The highest BCUT2D eigenvalue weighted by Gasteiger charge is 2.05. The summed E-state index contributed by atoms with van der Waals surface area (Å²) in [6.07, 6.45) is 4.87. The number of nitrogens with one attached hydrogen (secondary N) is 1. The number of hydrogen-bond donors (Lipinski definition) is 1. The molecule has 1 aromatic carbocycles. The zero-order chi connectivity index (χ0) is 13.7. The first-order valence-electron chi connectivity index (χ1n) is 6.35. The van der Waals surface area contributed by atoms with Gasteiger partial charge in [0.15, 0.2) is 0 Å². The summed E-state index contributed by atoms with van der Waals surface area (Å²) in [6, 6.07) is 4.95. The third kappa shape index (κ3) is 4.14. The summed E-state index contributed by atoms with van der Waals surface area (Å²) in [5.41, 5.74) is 1.74. The van der Waals surface area contributed by atoms with Gasteiger partial charge in [0, 0.05) is 28.3 Å². The quantitative estimate of drug-likeness (QED) is 0.825. The van der Waals surface area contributed by atoms with Crippen LogP contribution in [0.25, 0.3) is 0 Å². The lowest BCUT2D eigenvalue weighted by Crippen LogP contribution is -2.13. The lowest BCUT2D eigenvalue weighted by molar-refractivity contribution is 0.584. The van der Waals surface area contributed by atoms with Gasteiger partial charge in [0.2, 0.25) is 0 Å². The molecule has 19 heavy (non-hydrogen) atoms. The summed E-state index contributed by atoms with van der Waals surface area (Å²) in [5.74, 6) is -0.204. The Kier molecular flexibility index (Phi) is 5.10. The second kappa shape index (κ2) is 6.82. The van der Waals surface area contributed by atoms with Crippen LogP contribution in [0.5, 0.6) is 0 Å². The van der Waals surface area contributed by atoms with Crippen molar-refractivity contribution in [2.75, 3.05) is 6.54 Å². The maximum absolute atomic E-state index is 13.6. The molecule has 0 radical (unpaired) electrons. The summed E-state index contributed by atoms with van der Waals surface area (Å²) >= 11 is 3.35. The molecule has 0 fully saturated rings. The van der Waals surface area contributed by atoms with E-state index in [2.05, 4.69) is 33.3 Å². The van der Waals surface area contributed by atoms with Gasteiger partial charge in [-0.15, -0.1) is 0 Å². The van der Waals surface area contributed by atoms with Crippen LogP contribution in [0.1, 0.15) is 24.5 Å². The molecule has 0 saturated heterocycles. The molecular formula is C14H17BrFN3. The molecule has 1 N–H and O–H groups in total. The second-order valence-corrected chi connectivity index (χ2v) is 5.37. The topological polar surface area (TPSA) is 29.9 Å². The van der Waals surface area contributed by atoms with Gasteiger partial charge < -0.3 is 5.32 Å². The maximum atomic E-state index is 13.6. The van der Waals surface area contributed by atoms with Crippen molar-refractivity contribution >= 4 is 15.9 Å². The fraction of sp³-hybridized carbons (Fsp3) is 0.357. The second-order valence-electron chi connectivity index (χ2n) is 4.46. The molecule has 0 spiro atoms. The molecule has 0 bridgehead atoms. The first-order chi connectivity index (χ1) is 9.19. The lowest BCUT2D eigenvalue weighted by atomic mass is 10.2. The fourth-order valence-corrected chi connectivity index (χ4v) is 2.24. The average Bonchev–Trinajstić information content (AvgIpc) is 2.82. The van der Waals surface area contributed by atoms with Crippen molar-refractivity contribution in [3.8, 4) is 0 Å². The molecule has 102 valence electrons. The molecule has 0 amide bonds. The van der Waals surface area contributed by atoms with Crippen LogP contribution in [0, 0.1) is 5.82 Å². The van der Waals surface area contributed by atoms with Crippen LogP contribution in [0.2, 0.25) is 0 Å². The first-order valence-corrected chi connectivity index (χ1v) is 7.14. The zero-order valence-corrected chi connectivity index (χ0v) is 12.5. The molecular weight excluding hydrogens is 309 g/mol. The summed E-state index contributed by atoms with van der Waals surface area (Å²) in [7, 11) is 0. The molecule has 0 aliphatic heterocycles. The van der Waals surface area contributed by atoms with Gasteiger partial charge in [-0.2, -0.15) is 5.10 Å². The van der Waals surface area contributed by atoms with Crippen LogP contribution in [0.3, 0.4) is 0 Å². The van der Waals surface area contributed by atoms with E-state index in [0.717, 1.165) is 29.5 Å². The van der Waals surface area contributed by atoms with E-state index in [4.69, 9.17) is 0 Å². The van der Waals surface area contributed by atoms with Crippen LogP contribution in [-0.2, 0) is 13.1 Å². The predicted octanol–water partition coefficient (Wildman–Crippen LogP) is 3.33. The van der Waals surface area contributed by atoms with E-state index < -0.39 is 0 Å². The number of halogens is 2. The molecule has 3 nitrogen and oxygen atoms in total. The lowest BCUT2D eigenvalue weighted by Gasteiger charge is -2.04. The number of nitrogens with zero attached hydrogens (tertiary/aromatic N) is 2. The minimum atomic E-state index is -0.204. The Morgan fingerprint density at radius 3 is 3.05 bits per heavy atom. The fourth-order valence-electron chi connectivity index (χ4n) is 1.83. The third-order valence-corrected chi connectivity index (χ3v) is 3.28. The molecule has 0 saturated carbocycles. The third-order valence-electron chi connectivity index (χ3n) is 2.78. The largest absolute Gasteiger partial charge is 0.313 e. The van der Waals surface area contributed by atoms with Gasteiger partial charge in [0.05, 0.1) is 12.7 Å². The van der Waals surface area contributed by atoms with Gasteiger partial charge in [-0.3, -0.25) is 4.68 Å². The predicted molar refractivity (Wildman–Crippen MR) is 77.4 cm³/mol. The van der Waals surface area contributed by atoms with Crippen molar-refractivity contribution < 1.29 is 4.39 Å². The highest BCUT2D eigenvalue weighted by molar-refractivity contribution is 9.10. The Morgan fingerprint density at radius 2 is 2.26 bits per heavy atom. The van der Waals surface area contributed by atoms with Crippen molar-refractivity contribution in [2.24, 2.45) is 0 Å². The van der Waals surface area contributed by atoms with E-state index in [1.54, 1.807) is 16.8 Å². The van der Waals surface area contributed by atoms with E-state index in [9.17, 15) is 4.39 Å². The van der Waals surface area contributed by atoms with Crippen LogP contribution in [-0.4, -0.2) is 16.3 Å². The van der Waals surface area contributed by atoms with Gasteiger partial charge in [0.25, 0.3) is 0 Å². The van der Waals surface area contributed by atoms with Crippen LogP contribution in [0.4, 0.5) is 4.39 Å². The van der Waals surface area contributed by atoms with Gasteiger partial charge in [-0.1, -0.05) is 22.9 Å². The molecule has 0 unspecified atom stereocenters. The van der Waals surface area contributed by atoms with E-state index in [1.165, 1.54) is 6.07 Å². The smallest absolute Gasteiger partial charge is 0.128 e. The van der Waals surface area contributed by atoms with Crippen molar-refractivity contribution in [1.82, 2.24) is 15.1 Å². The number of benzene rings is 1. The average molecular weight is 326 g/mol. The molecule has 5 heteroatoms. The van der Waals surface area contributed by atoms with E-state index in [0.29, 0.717) is 12.1 Å². The van der Waals surface area contributed by atoms with Gasteiger partial charge in [-0.25, -0.2) is 4.39 Å². The molecule has 2 rings (SSSR count). The highest BCUT2D eigenvalue weighted by Crippen LogP contribution is 2.16. The van der Waals surface area contributed by atoms with Crippen molar-refractivity contribution in [2.45, 2.75) is 26.4 Å². The van der Waals surface area contributed by atoms with Crippen molar-refractivity contribution in [3.05, 3.63) is 52.0 Å².